The molecule has 2 fully saturated rings. The highest BCUT2D eigenvalue weighted by molar-refractivity contribution is 6.38. The lowest BCUT2D eigenvalue weighted by Gasteiger charge is -2.38. The minimum Gasteiger partial charge on any atom is -0.344 e. The van der Waals surface area contributed by atoms with Crippen LogP contribution >= 0.6 is 0 Å². The average molecular weight is 718 g/mol. The molecule has 7 atom stereocenters. The molecular formula is C39H55N7O6. The zero-order chi connectivity index (χ0) is 38.4. The van der Waals surface area contributed by atoms with Gasteiger partial charge in [0.1, 0.15) is 23.8 Å². The summed E-state index contributed by atoms with van der Waals surface area (Å²) in [5, 5.41) is 11.3. The monoisotopic (exact) mass is 717 g/mol. The first-order valence-corrected chi connectivity index (χ1v) is 18.3. The zero-order valence-electron chi connectivity index (χ0n) is 31.7. The van der Waals surface area contributed by atoms with Gasteiger partial charge < -0.3 is 26.2 Å². The van der Waals surface area contributed by atoms with Crippen LogP contribution in [-0.2, 0) is 24.0 Å². The number of carbonyl (C=O) groups is 6. The Morgan fingerprint density at radius 2 is 1.54 bits per heavy atom. The second kappa shape index (κ2) is 16.8. The molecule has 4 rings (SSSR count). The standard InChI is InChI=1S/C39H55N7O6/c1-9-14-27(30(47)35(50)42-23(2)24-15-11-10-12-16-24)43-34(49)29-26-18-13-17-25(26)22-46(29)37(52)32(39(6,7)8)45-36(51)31(38(3,4)5)44-33(48)28-21-40-19-20-41-28/h10-12,15-16,19-21,23,25-27,29,31-32H,9,13-14,17-18,22H2,1-8H3,(H,42,50)(H,43,49)(H,44,48)(H,45,51)/t23-,25-,26-,27-,29-,31+,32?/m0/s1. The van der Waals surface area contributed by atoms with Crippen molar-refractivity contribution in [1.29, 1.82) is 0 Å². The average Bonchev–Trinajstić information content (AvgIpc) is 3.70. The lowest BCUT2D eigenvalue weighted by molar-refractivity contribution is -0.146. The van der Waals surface area contributed by atoms with Crippen LogP contribution in [0.3, 0.4) is 0 Å². The fraction of sp³-hybridized carbons (Fsp3) is 0.590. The van der Waals surface area contributed by atoms with E-state index in [9.17, 15) is 28.8 Å². The van der Waals surface area contributed by atoms with Gasteiger partial charge >= 0.3 is 0 Å². The number of ketones is 1. The number of aromatic nitrogens is 2. The largest absolute Gasteiger partial charge is 0.344 e. The van der Waals surface area contributed by atoms with Crippen molar-refractivity contribution in [2.24, 2.45) is 22.7 Å². The molecule has 1 saturated heterocycles. The fourth-order valence-electron chi connectivity index (χ4n) is 7.27. The maximum atomic E-state index is 14.6. The molecule has 1 unspecified atom stereocenters. The summed E-state index contributed by atoms with van der Waals surface area (Å²) in [7, 11) is 0. The van der Waals surface area contributed by atoms with Gasteiger partial charge in [0.05, 0.1) is 18.3 Å². The zero-order valence-corrected chi connectivity index (χ0v) is 31.7. The van der Waals surface area contributed by atoms with E-state index < -0.39 is 76.4 Å². The van der Waals surface area contributed by atoms with E-state index in [1.54, 1.807) is 32.6 Å². The van der Waals surface area contributed by atoms with Crippen molar-refractivity contribution in [2.75, 3.05) is 6.54 Å². The molecule has 0 spiro atoms. The van der Waals surface area contributed by atoms with Crippen molar-refractivity contribution in [3.05, 3.63) is 60.2 Å². The van der Waals surface area contributed by atoms with Gasteiger partial charge in [-0.2, -0.15) is 0 Å². The first-order valence-electron chi connectivity index (χ1n) is 18.3. The van der Waals surface area contributed by atoms with E-state index >= 15 is 0 Å². The SMILES string of the molecule is CCC[C@H](NC(=O)[C@@H]1[C@H]2CCC[C@H]2CN1C(=O)C(NC(=O)[C@@H](NC(=O)c1cnccn1)C(C)(C)C)C(C)(C)C)C(=O)C(=O)N[C@@H](C)c1ccccc1. The molecule has 282 valence electrons. The Morgan fingerprint density at radius 3 is 2.13 bits per heavy atom. The summed E-state index contributed by atoms with van der Waals surface area (Å²) in [5.74, 6) is -3.61. The molecule has 4 N–H and O–H groups in total. The number of hydrogen-bond acceptors (Lipinski definition) is 8. The van der Waals surface area contributed by atoms with E-state index in [0.717, 1.165) is 24.8 Å². The molecule has 2 heterocycles. The maximum Gasteiger partial charge on any atom is 0.290 e. The molecule has 5 amide bonds. The van der Waals surface area contributed by atoms with Crippen LogP contribution in [0.1, 0.15) is 110 Å². The third kappa shape index (κ3) is 9.60. The lowest BCUT2D eigenvalue weighted by atomic mass is 9.82. The molecule has 0 radical (unpaired) electrons. The summed E-state index contributed by atoms with van der Waals surface area (Å²) in [5.41, 5.74) is -0.633. The number of likely N-dealkylation sites (tertiary alicyclic amines) is 1. The number of hydrogen-bond donors (Lipinski definition) is 4. The highest BCUT2D eigenvalue weighted by Gasteiger charge is 2.52. The van der Waals surface area contributed by atoms with Gasteiger partial charge in [0.25, 0.3) is 11.8 Å². The molecule has 1 aliphatic carbocycles. The highest BCUT2D eigenvalue weighted by Crippen LogP contribution is 2.43. The number of carbonyl (C=O) groups excluding carboxylic acids is 6. The fourth-order valence-corrected chi connectivity index (χ4v) is 7.27. The van der Waals surface area contributed by atoms with Crippen LogP contribution < -0.4 is 21.3 Å². The van der Waals surface area contributed by atoms with Gasteiger partial charge in [-0.05, 0) is 54.4 Å². The normalized spacial score (nSPS) is 20.8. The first kappa shape index (κ1) is 40.1. The molecule has 13 nitrogen and oxygen atoms in total. The van der Waals surface area contributed by atoms with Gasteiger partial charge in [0.15, 0.2) is 0 Å². The van der Waals surface area contributed by atoms with Crippen LogP contribution in [0.4, 0.5) is 0 Å². The van der Waals surface area contributed by atoms with Crippen molar-refractivity contribution in [3.8, 4) is 0 Å². The number of rotatable bonds is 13. The van der Waals surface area contributed by atoms with Crippen molar-refractivity contribution in [1.82, 2.24) is 36.1 Å². The predicted molar refractivity (Wildman–Crippen MR) is 195 cm³/mol. The van der Waals surface area contributed by atoms with Gasteiger partial charge in [-0.1, -0.05) is 91.6 Å². The Hall–Kier alpha value is -4.68. The molecule has 1 aromatic heterocycles. The molecular weight excluding hydrogens is 662 g/mol. The Morgan fingerprint density at radius 1 is 0.865 bits per heavy atom. The summed E-state index contributed by atoms with van der Waals surface area (Å²) in [6.45, 7) is 14.9. The third-order valence-electron chi connectivity index (χ3n) is 10.1. The summed E-state index contributed by atoms with van der Waals surface area (Å²) in [4.78, 5) is 92.0. The second-order valence-electron chi connectivity index (χ2n) is 16.3. The van der Waals surface area contributed by atoms with Crippen LogP contribution in [0.15, 0.2) is 48.9 Å². The van der Waals surface area contributed by atoms with E-state index in [-0.39, 0.29) is 24.0 Å². The predicted octanol–water partition coefficient (Wildman–Crippen LogP) is 3.51. The summed E-state index contributed by atoms with van der Waals surface area (Å²) < 4.78 is 0. The van der Waals surface area contributed by atoms with Crippen LogP contribution in [0.2, 0.25) is 0 Å². The van der Waals surface area contributed by atoms with E-state index in [1.807, 2.05) is 58.0 Å². The van der Waals surface area contributed by atoms with Gasteiger partial charge in [-0.15, -0.1) is 0 Å². The molecule has 2 aliphatic rings. The number of benzene rings is 1. The highest BCUT2D eigenvalue weighted by atomic mass is 16.2. The van der Waals surface area contributed by atoms with Crippen LogP contribution in [0.25, 0.3) is 0 Å². The van der Waals surface area contributed by atoms with Crippen molar-refractivity contribution in [3.63, 3.8) is 0 Å². The second-order valence-corrected chi connectivity index (χ2v) is 16.3. The molecule has 13 heteroatoms. The van der Waals surface area contributed by atoms with E-state index in [0.29, 0.717) is 13.0 Å². The van der Waals surface area contributed by atoms with Gasteiger partial charge in [0.2, 0.25) is 23.5 Å². The molecule has 1 saturated carbocycles. The Kier molecular flexibility index (Phi) is 12.9. The Labute approximate surface area is 306 Å². The van der Waals surface area contributed by atoms with Crippen molar-refractivity contribution < 1.29 is 28.8 Å². The van der Waals surface area contributed by atoms with E-state index in [1.165, 1.54) is 18.6 Å². The number of nitrogens with one attached hydrogen (secondary N) is 4. The quantitative estimate of drug-likeness (QED) is 0.227. The third-order valence-corrected chi connectivity index (χ3v) is 10.1. The van der Waals surface area contributed by atoms with E-state index in [4.69, 9.17) is 0 Å². The number of amides is 5. The van der Waals surface area contributed by atoms with Gasteiger partial charge in [-0.25, -0.2) is 4.98 Å². The molecule has 52 heavy (non-hydrogen) atoms. The maximum absolute atomic E-state index is 14.6. The Bertz CT molecular complexity index is 1600. The summed E-state index contributed by atoms with van der Waals surface area (Å²) in [6, 6.07) is 4.83. The van der Waals surface area contributed by atoms with E-state index in [2.05, 4.69) is 31.2 Å². The number of fused-ring (bicyclic) bond motifs is 1. The first-order chi connectivity index (χ1) is 24.4. The van der Waals surface area contributed by atoms with Gasteiger partial charge in [0, 0.05) is 18.9 Å². The van der Waals surface area contributed by atoms with Crippen LogP contribution in [0, 0.1) is 22.7 Å². The van der Waals surface area contributed by atoms with Crippen LogP contribution in [0.5, 0.6) is 0 Å². The molecule has 2 aromatic rings. The van der Waals surface area contributed by atoms with Crippen molar-refractivity contribution in [2.45, 2.75) is 118 Å². The number of nitrogens with zero attached hydrogens (tertiary/aromatic N) is 3. The summed E-state index contributed by atoms with van der Waals surface area (Å²) >= 11 is 0. The topological polar surface area (TPSA) is 180 Å². The minimum atomic E-state index is -1.07. The smallest absolute Gasteiger partial charge is 0.290 e. The number of Topliss-reactive ketones (excluding diaryl/α,β-unsaturated/α-hetero) is 1. The summed E-state index contributed by atoms with van der Waals surface area (Å²) in [6.07, 6.45) is 7.42. The van der Waals surface area contributed by atoms with Gasteiger partial charge in [-0.3, -0.25) is 33.8 Å². The molecule has 0 bridgehead atoms. The van der Waals surface area contributed by atoms with Crippen LogP contribution in [-0.4, -0.2) is 80.9 Å². The lowest BCUT2D eigenvalue weighted by Crippen LogP contribution is -2.63. The molecule has 1 aromatic carbocycles. The minimum absolute atomic E-state index is 0.0495. The molecule has 1 aliphatic heterocycles. The van der Waals surface area contributed by atoms with Crippen molar-refractivity contribution >= 4 is 35.3 Å². The Balaban J connectivity index is 1.54.